The number of aromatic hydroxyl groups is 1. The molecule has 0 amide bonds. The van der Waals surface area contributed by atoms with Gasteiger partial charge in [-0.2, -0.15) is 0 Å². The van der Waals surface area contributed by atoms with Crippen LogP contribution in [0.25, 0.3) is 0 Å². The summed E-state index contributed by atoms with van der Waals surface area (Å²) in [7, 11) is 0. The van der Waals surface area contributed by atoms with Crippen molar-refractivity contribution in [2.45, 2.75) is 20.0 Å². The Kier molecular flexibility index (Phi) is 5.07. The lowest BCUT2D eigenvalue weighted by molar-refractivity contribution is 0.112. The molecule has 0 saturated carbocycles. The number of nitrogens with zero attached hydrogens (tertiary/aromatic N) is 2. The maximum atomic E-state index is 10.4. The van der Waals surface area contributed by atoms with E-state index in [1.807, 2.05) is 18.2 Å². The molecule has 0 spiro atoms. The molecule has 0 saturated heterocycles. The van der Waals surface area contributed by atoms with Gasteiger partial charge in [0.25, 0.3) is 0 Å². The average Bonchev–Trinajstić information content (AvgIpc) is 2.69. The highest BCUT2D eigenvalue weighted by Gasteiger charge is 2.11. The van der Waals surface area contributed by atoms with Gasteiger partial charge in [-0.3, -0.25) is 9.78 Å². The molecule has 0 aliphatic rings. The van der Waals surface area contributed by atoms with E-state index in [4.69, 9.17) is 5.73 Å². The van der Waals surface area contributed by atoms with Crippen molar-refractivity contribution in [1.82, 2.24) is 9.55 Å². The Balaban J connectivity index is 0.000000225. The Morgan fingerprint density at radius 2 is 2.00 bits per heavy atom. The Bertz CT molecular complexity index is 466. The highest BCUT2D eigenvalue weighted by atomic mass is 16.3. The van der Waals surface area contributed by atoms with E-state index < -0.39 is 0 Å². The number of nitrogens with two attached hydrogens (primary N) is 1. The van der Waals surface area contributed by atoms with E-state index >= 15 is 0 Å². The van der Waals surface area contributed by atoms with Gasteiger partial charge in [0.1, 0.15) is 5.75 Å². The minimum absolute atomic E-state index is 0.0160. The molecule has 2 heterocycles. The molecule has 3 N–H and O–H groups in total. The predicted molar refractivity (Wildman–Crippen MR) is 69.4 cm³/mol. The molecule has 0 aliphatic heterocycles. The van der Waals surface area contributed by atoms with Crippen LogP contribution in [-0.4, -0.2) is 20.9 Å². The first-order chi connectivity index (χ1) is 8.57. The van der Waals surface area contributed by atoms with Gasteiger partial charge in [-0.1, -0.05) is 6.07 Å². The summed E-state index contributed by atoms with van der Waals surface area (Å²) in [6, 6.07) is 5.72. The lowest BCUT2D eigenvalue weighted by atomic mass is 10.3. The highest BCUT2D eigenvalue weighted by molar-refractivity contribution is 5.79. The van der Waals surface area contributed by atoms with Crippen LogP contribution in [0, 0.1) is 6.92 Å². The minimum Gasteiger partial charge on any atom is -0.505 e. The lowest BCUT2D eigenvalue weighted by Gasteiger charge is -2.08. The number of pyridine rings is 1. The highest BCUT2D eigenvalue weighted by Crippen LogP contribution is 2.23. The molecule has 1 atom stereocenters. The van der Waals surface area contributed by atoms with Crippen molar-refractivity contribution in [2.75, 3.05) is 0 Å². The maximum Gasteiger partial charge on any atom is 0.155 e. The molecule has 0 bridgehead atoms. The number of rotatable bonds is 2. The molecule has 2 aromatic heterocycles. The number of aromatic nitrogens is 2. The third kappa shape index (κ3) is 3.43. The number of carbonyl (C=O) groups excluding carboxylic acids is 1. The van der Waals surface area contributed by atoms with E-state index in [1.165, 1.54) is 0 Å². The Hall–Kier alpha value is -2.14. The van der Waals surface area contributed by atoms with Crippen LogP contribution in [0.5, 0.6) is 5.75 Å². The quantitative estimate of drug-likeness (QED) is 0.794. The third-order valence-electron chi connectivity index (χ3n) is 2.41. The average molecular weight is 247 g/mol. The van der Waals surface area contributed by atoms with Gasteiger partial charge < -0.3 is 15.4 Å². The molecule has 5 heteroatoms. The van der Waals surface area contributed by atoms with E-state index in [9.17, 15) is 9.90 Å². The molecule has 96 valence electrons. The summed E-state index contributed by atoms with van der Waals surface area (Å²) >= 11 is 0. The van der Waals surface area contributed by atoms with Crippen LogP contribution in [0.2, 0.25) is 0 Å². The van der Waals surface area contributed by atoms with E-state index in [-0.39, 0.29) is 17.5 Å². The monoisotopic (exact) mass is 247 g/mol. The van der Waals surface area contributed by atoms with Gasteiger partial charge >= 0.3 is 0 Å². The molecule has 2 rings (SSSR count). The number of carbonyl (C=O) groups is 1. The van der Waals surface area contributed by atoms with E-state index in [0.717, 1.165) is 0 Å². The second-order valence-corrected chi connectivity index (χ2v) is 3.81. The summed E-state index contributed by atoms with van der Waals surface area (Å²) in [6.07, 6.45) is 5.42. The molecular weight excluding hydrogens is 230 g/mol. The summed E-state index contributed by atoms with van der Waals surface area (Å²) < 4.78 is 1.65. The standard InChI is InChI=1S/C8H12N2O2.C5H5N/c1-5-8(12)7(4-11)3-10(5)6(2)9;1-2-4-6-5-3-1/h3-4,6,12H,9H2,1-2H3;1-5H. The van der Waals surface area contributed by atoms with Crippen LogP contribution in [0.15, 0.2) is 36.8 Å². The third-order valence-corrected chi connectivity index (χ3v) is 2.41. The van der Waals surface area contributed by atoms with Crippen molar-refractivity contribution < 1.29 is 9.90 Å². The van der Waals surface area contributed by atoms with Gasteiger partial charge in [0.2, 0.25) is 0 Å². The fraction of sp³-hybridized carbons (Fsp3) is 0.231. The molecular formula is C13H17N3O2. The molecule has 0 aliphatic carbocycles. The topological polar surface area (TPSA) is 81.1 Å². The second kappa shape index (κ2) is 6.56. The molecule has 1 unspecified atom stereocenters. The SMILES string of the molecule is Cc1c(O)c(C=O)cn1C(C)N.c1ccncc1. The summed E-state index contributed by atoms with van der Waals surface area (Å²) in [4.78, 5) is 14.2. The van der Waals surface area contributed by atoms with E-state index in [0.29, 0.717) is 12.0 Å². The number of hydrogen-bond acceptors (Lipinski definition) is 4. The summed E-state index contributed by atoms with van der Waals surface area (Å²) in [6.45, 7) is 3.49. The predicted octanol–water partition coefficient (Wildman–Crippen LogP) is 1.87. The Labute approximate surface area is 106 Å². The first kappa shape index (κ1) is 13.9. The summed E-state index contributed by atoms with van der Waals surface area (Å²) in [5.74, 6) is 0.0160. The van der Waals surface area contributed by atoms with Crippen LogP contribution in [0.1, 0.15) is 29.1 Å². The zero-order valence-electron chi connectivity index (χ0n) is 10.4. The van der Waals surface area contributed by atoms with Crippen LogP contribution in [0.4, 0.5) is 0 Å². The van der Waals surface area contributed by atoms with Crippen molar-refractivity contribution in [1.29, 1.82) is 0 Å². The van der Waals surface area contributed by atoms with Crippen LogP contribution >= 0.6 is 0 Å². The molecule has 5 nitrogen and oxygen atoms in total. The zero-order chi connectivity index (χ0) is 13.5. The van der Waals surface area contributed by atoms with Crippen molar-refractivity contribution in [2.24, 2.45) is 5.73 Å². The van der Waals surface area contributed by atoms with Gasteiger partial charge in [-0.05, 0) is 26.0 Å². The Morgan fingerprint density at radius 3 is 2.22 bits per heavy atom. The van der Waals surface area contributed by atoms with E-state index in [1.54, 1.807) is 37.0 Å². The molecule has 2 aromatic rings. The number of aldehydes is 1. The number of hydrogen-bond donors (Lipinski definition) is 2. The van der Waals surface area contributed by atoms with Crippen LogP contribution in [-0.2, 0) is 0 Å². The summed E-state index contributed by atoms with van der Waals surface area (Å²) in [5.41, 5.74) is 6.49. The smallest absolute Gasteiger partial charge is 0.155 e. The van der Waals surface area contributed by atoms with Gasteiger partial charge in [0, 0.05) is 18.6 Å². The van der Waals surface area contributed by atoms with Gasteiger partial charge in [0.15, 0.2) is 6.29 Å². The maximum absolute atomic E-state index is 10.4. The van der Waals surface area contributed by atoms with Gasteiger partial charge in [-0.15, -0.1) is 0 Å². The molecule has 18 heavy (non-hydrogen) atoms. The molecule has 0 aromatic carbocycles. The zero-order valence-corrected chi connectivity index (χ0v) is 10.4. The largest absolute Gasteiger partial charge is 0.505 e. The summed E-state index contributed by atoms with van der Waals surface area (Å²) in [5, 5.41) is 9.36. The fourth-order valence-electron chi connectivity index (χ4n) is 1.46. The fourth-order valence-corrected chi connectivity index (χ4v) is 1.46. The molecule has 0 fully saturated rings. The Morgan fingerprint density at radius 1 is 1.39 bits per heavy atom. The van der Waals surface area contributed by atoms with Crippen molar-refractivity contribution in [3.63, 3.8) is 0 Å². The van der Waals surface area contributed by atoms with E-state index in [2.05, 4.69) is 4.98 Å². The van der Waals surface area contributed by atoms with Crippen molar-refractivity contribution in [3.8, 4) is 5.75 Å². The minimum atomic E-state index is -0.232. The van der Waals surface area contributed by atoms with Crippen LogP contribution < -0.4 is 5.73 Å². The van der Waals surface area contributed by atoms with Gasteiger partial charge in [0.05, 0.1) is 17.4 Å². The first-order valence-corrected chi connectivity index (χ1v) is 5.54. The molecule has 0 radical (unpaired) electrons. The first-order valence-electron chi connectivity index (χ1n) is 5.54. The van der Waals surface area contributed by atoms with Crippen molar-refractivity contribution in [3.05, 3.63) is 48.0 Å². The van der Waals surface area contributed by atoms with Crippen LogP contribution in [0.3, 0.4) is 0 Å². The second-order valence-electron chi connectivity index (χ2n) is 3.81. The lowest BCUT2D eigenvalue weighted by Crippen LogP contribution is -2.14. The van der Waals surface area contributed by atoms with Gasteiger partial charge in [-0.25, -0.2) is 0 Å². The van der Waals surface area contributed by atoms with Crippen molar-refractivity contribution >= 4 is 6.29 Å². The normalized spacial score (nSPS) is 11.3.